The molecule has 0 radical (unpaired) electrons. The lowest BCUT2D eigenvalue weighted by Gasteiger charge is -2.39. The Bertz CT molecular complexity index is 1310. The summed E-state index contributed by atoms with van der Waals surface area (Å²) in [7, 11) is -2.47. The van der Waals surface area contributed by atoms with Crippen LogP contribution in [0.3, 0.4) is 0 Å². The normalized spacial score (nSPS) is 15.2. The van der Waals surface area contributed by atoms with Gasteiger partial charge in [-0.1, -0.05) is 54.6 Å². The second kappa shape index (κ2) is 13.9. The lowest BCUT2D eigenvalue weighted by atomic mass is 9.95. The van der Waals surface area contributed by atoms with E-state index < -0.39 is 20.5 Å². The Balaban J connectivity index is 0.00000420. The summed E-state index contributed by atoms with van der Waals surface area (Å²) in [5.74, 6) is -0.361. The second-order valence-corrected chi connectivity index (χ2v) is 11.7. The Morgan fingerprint density at radius 1 is 0.949 bits per heavy atom. The third-order valence-electron chi connectivity index (χ3n) is 7.13. The van der Waals surface area contributed by atoms with E-state index in [0.29, 0.717) is 45.0 Å². The van der Waals surface area contributed by atoms with Crippen molar-refractivity contribution in [1.82, 2.24) is 10.4 Å². The number of hydroxylamine groups is 1. The fraction of sp³-hybridized carbons (Fsp3) is 0.345. The van der Waals surface area contributed by atoms with Crippen molar-refractivity contribution in [2.45, 2.75) is 28.9 Å². The largest absolute Gasteiger partial charge is 0.493 e. The van der Waals surface area contributed by atoms with Crippen molar-refractivity contribution < 1.29 is 27.9 Å². The molecular formula is C29H35ClN2O6S. The highest BCUT2D eigenvalue weighted by Crippen LogP contribution is 2.36. The number of benzene rings is 3. The van der Waals surface area contributed by atoms with E-state index in [-0.39, 0.29) is 30.1 Å². The lowest BCUT2D eigenvalue weighted by molar-refractivity contribution is -0.133. The first kappa shape index (κ1) is 30.6. The summed E-state index contributed by atoms with van der Waals surface area (Å²) in [6.45, 7) is 2.41. The number of methoxy groups -OCH3 is 1. The van der Waals surface area contributed by atoms with Crippen LogP contribution in [-0.2, 0) is 25.8 Å². The molecule has 0 spiro atoms. The highest BCUT2D eigenvalue weighted by Gasteiger charge is 2.52. The number of halogens is 1. The topological polar surface area (TPSA) is 105 Å². The maximum absolute atomic E-state index is 13.6. The zero-order valence-electron chi connectivity index (χ0n) is 21.9. The van der Waals surface area contributed by atoms with Crippen molar-refractivity contribution in [2.24, 2.45) is 0 Å². The molecule has 0 aliphatic carbocycles. The van der Waals surface area contributed by atoms with Gasteiger partial charge in [-0.25, -0.2) is 13.9 Å². The molecule has 2 N–H and O–H groups in total. The van der Waals surface area contributed by atoms with Gasteiger partial charge < -0.3 is 14.4 Å². The third-order valence-corrected chi connectivity index (χ3v) is 9.65. The lowest BCUT2D eigenvalue weighted by Crippen LogP contribution is -2.57. The SMILES string of the molecule is COCCN1CCC(C(=O)NO)(S(=O)(=O)c2ccc(OCCc3cccc(-c4ccccc4)c3)cc2)CC1.Cl. The van der Waals surface area contributed by atoms with E-state index in [9.17, 15) is 18.4 Å². The molecule has 1 amide bonds. The molecular weight excluding hydrogens is 540 g/mol. The predicted molar refractivity (Wildman–Crippen MR) is 152 cm³/mol. The minimum atomic E-state index is -4.08. The van der Waals surface area contributed by atoms with Crippen LogP contribution < -0.4 is 10.2 Å². The van der Waals surface area contributed by atoms with Crippen LogP contribution in [-0.4, -0.2) is 69.1 Å². The van der Waals surface area contributed by atoms with Crippen molar-refractivity contribution in [1.29, 1.82) is 0 Å². The molecule has 4 rings (SSSR count). The molecule has 1 heterocycles. The summed E-state index contributed by atoms with van der Waals surface area (Å²) in [4.78, 5) is 14.8. The average molecular weight is 575 g/mol. The number of hydrogen-bond donors (Lipinski definition) is 2. The van der Waals surface area contributed by atoms with Crippen molar-refractivity contribution in [3.63, 3.8) is 0 Å². The number of piperidine rings is 1. The fourth-order valence-corrected chi connectivity index (χ4v) is 6.80. The van der Waals surface area contributed by atoms with Gasteiger partial charge in [0.25, 0.3) is 5.91 Å². The smallest absolute Gasteiger partial charge is 0.265 e. The zero-order chi connectivity index (χ0) is 27.0. The molecule has 1 saturated heterocycles. The van der Waals surface area contributed by atoms with Crippen molar-refractivity contribution in [3.8, 4) is 16.9 Å². The van der Waals surface area contributed by atoms with E-state index >= 15 is 0 Å². The molecule has 8 nitrogen and oxygen atoms in total. The van der Waals surface area contributed by atoms with Crippen LogP contribution in [0.15, 0.2) is 83.8 Å². The molecule has 0 bridgehead atoms. The number of sulfone groups is 1. The van der Waals surface area contributed by atoms with Gasteiger partial charge in [0.2, 0.25) is 0 Å². The Hall–Kier alpha value is -2.95. The third kappa shape index (κ3) is 6.98. The first-order valence-electron chi connectivity index (χ1n) is 12.7. The van der Waals surface area contributed by atoms with Crippen LogP contribution in [0, 0.1) is 0 Å². The van der Waals surface area contributed by atoms with Gasteiger partial charge in [0.15, 0.2) is 14.6 Å². The molecule has 39 heavy (non-hydrogen) atoms. The van der Waals surface area contributed by atoms with Gasteiger partial charge in [0.05, 0.1) is 18.1 Å². The number of ether oxygens (including phenoxy) is 2. The van der Waals surface area contributed by atoms with E-state index in [1.165, 1.54) is 12.1 Å². The molecule has 0 unspecified atom stereocenters. The van der Waals surface area contributed by atoms with Gasteiger partial charge in [0, 0.05) is 33.2 Å². The minimum Gasteiger partial charge on any atom is -0.493 e. The van der Waals surface area contributed by atoms with Gasteiger partial charge in [-0.15, -0.1) is 12.4 Å². The molecule has 1 aliphatic rings. The Morgan fingerprint density at radius 3 is 2.26 bits per heavy atom. The maximum atomic E-state index is 13.6. The van der Waals surface area contributed by atoms with Crippen LogP contribution >= 0.6 is 12.4 Å². The maximum Gasteiger partial charge on any atom is 0.265 e. The van der Waals surface area contributed by atoms with Crippen LogP contribution in [0.5, 0.6) is 5.75 Å². The van der Waals surface area contributed by atoms with Crippen LogP contribution in [0.1, 0.15) is 18.4 Å². The van der Waals surface area contributed by atoms with Crippen molar-refractivity contribution in [3.05, 3.63) is 84.4 Å². The molecule has 3 aromatic rings. The Labute approximate surface area is 236 Å². The van der Waals surface area contributed by atoms with Gasteiger partial charge in [-0.2, -0.15) is 0 Å². The first-order chi connectivity index (χ1) is 18.4. The molecule has 210 valence electrons. The first-order valence-corrected chi connectivity index (χ1v) is 14.2. The fourth-order valence-electron chi connectivity index (χ4n) is 4.84. The van der Waals surface area contributed by atoms with Gasteiger partial charge in [0.1, 0.15) is 5.75 Å². The monoisotopic (exact) mass is 574 g/mol. The number of rotatable bonds is 11. The summed E-state index contributed by atoms with van der Waals surface area (Å²) in [5.41, 5.74) is 5.03. The number of carbonyl (C=O) groups is 1. The minimum absolute atomic E-state index is 0. The van der Waals surface area contributed by atoms with Crippen molar-refractivity contribution in [2.75, 3.05) is 40.0 Å². The quantitative estimate of drug-likeness (QED) is 0.262. The van der Waals surface area contributed by atoms with Crippen LogP contribution in [0.4, 0.5) is 0 Å². The molecule has 10 heteroatoms. The van der Waals surface area contributed by atoms with Gasteiger partial charge in [-0.05, 0) is 53.8 Å². The zero-order valence-corrected chi connectivity index (χ0v) is 23.5. The number of nitrogens with one attached hydrogen (secondary N) is 1. The number of likely N-dealkylation sites (tertiary alicyclic amines) is 1. The van der Waals surface area contributed by atoms with E-state index in [0.717, 1.165) is 16.7 Å². The Morgan fingerprint density at radius 2 is 1.62 bits per heavy atom. The van der Waals surface area contributed by atoms with Crippen molar-refractivity contribution >= 4 is 28.2 Å². The summed E-state index contributed by atoms with van der Waals surface area (Å²) in [6.07, 6.45) is 0.845. The number of hydrogen-bond acceptors (Lipinski definition) is 7. The molecule has 0 aromatic heterocycles. The standard InChI is InChI=1S/C29H34N2O6S.ClH/c1-36-21-19-31-17-15-29(16-18-31,28(32)30-33)38(34,35)27-12-10-26(11-13-27)37-20-14-23-6-5-9-25(22-23)24-7-3-2-4-8-24;/h2-13,22,33H,14-21H2,1H3,(H,30,32);1H. The highest BCUT2D eigenvalue weighted by molar-refractivity contribution is 7.93. The van der Waals surface area contributed by atoms with Crippen LogP contribution in [0.2, 0.25) is 0 Å². The van der Waals surface area contributed by atoms with Crippen LogP contribution in [0.25, 0.3) is 11.1 Å². The summed E-state index contributed by atoms with van der Waals surface area (Å²) in [6, 6.07) is 24.6. The van der Waals surface area contributed by atoms with E-state index in [4.69, 9.17) is 9.47 Å². The van der Waals surface area contributed by atoms with Gasteiger partial charge in [-0.3, -0.25) is 10.0 Å². The molecule has 0 saturated carbocycles. The van der Waals surface area contributed by atoms with E-state index in [1.54, 1.807) is 24.7 Å². The van der Waals surface area contributed by atoms with E-state index in [1.807, 2.05) is 24.3 Å². The highest BCUT2D eigenvalue weighted by atomic mass is 35.5. The van der Waals surface area contributed by atoms with E-state index in [2.05, 4.69) is 35.2 Å². The summed E-state index contributed by atoms with van der Waals surface area (Å²) >= 11 is 0. The van der Waals surface area contributed by atoms with Gasteiger partial charge >= 0.3 is 0 Å². The molecule has 0 atom stereocenters. The summed E-state index contributed by atoms with van der Waals surface area (Å²) < 4.78 is 36.5. The predicted octanol–water partition coefficient (Wildman–Crippen LogP) is 4.16. The number of nitrogens with zero attached hydrogens (tertiary/aromatic N) is 1. The Kier molecular flexibility index (Phi) is 10.9. The summed E-state index contributed by atoms with van der Waals surface area (Å²) in [5, 5.41) is 9.37. The number of amides is 1. The molecule has 1 fully saturated rings. The number of carbonyl (C=O) groups excluding carboxylic acids is 1. The second-order valence-electron chi connectivity index (χ2n) is 9.41. The molecule has 1 aliphatic heterocycles. The average Bonchev–Trinajstić information content (AvgIpc) is 2.96. The molecule has 3 aromatic carbocycles.